The summed E-state index contributed by atoms with van der Waals surface area (Å²) in [5.41, 5.74) is 1.71. The van der Waals surface area contributed by atoms with Crippen LogP contribution in [0, 0.1) is 18.3 Å². The summed E-state index contributed by atoms with van der Waals surface area (Å²) < 4.78 is 11.8. The molecule has 29 heavy (non-hydrogen) atoms. The van der Waals surface area contributed by atoms with Crippen LogP contribution < -0.4 is 9.47 Å². The third-order valence-electron chi connectivity index (χ3n) is 5.01. The normalized spacial score (nSPS) is 19.0. The number of nitrogens with zero attached hydrogens (tertiary/aromatic N) is 4. The van der Waals surface area contributed by atoms with E-state index in [1.807, 2.05) is 32.6 Å². The van der Waals surface area contributed by atoms with Gasteiger partial charge in [-0.2, -0.15) is 5.26 Å². The van der Waals surface area contributed by atoms with Gasteiger partial charge in [-0.3, -0.25) is 4.79 Å². The van der Waals surface area contributed by atoms with Gasteiger partial charge in [-0.1, -0.05) is 0 Å². The van der Waals surface area contributed by atoms with Crippen molar-refractivity contribution in [3.8, 4) is 17.8 Å². The number of rotatable bonds is 5. The van der Waals surface area contributed by atoms with Crippen LogP contribution in [-0.2, 0) is 0 Å². The molecule has 1 aliphatic rings. The lowest BCUT2D eigenvalue weighted by Gasteiger charge is -2.38. The fourth-order valence-electron chi connectivity index (χ4n) is 3.39. The van der Waals surface area contributed by atoms with Gasteiger partial charge in [-0.15, -0.1) is 0 Å². The van der Waals surface area contributed by atoms with Gasteiger partial charge in [-0.05, 0) is 58.7 Å². The summed E-state index contributed by atoms with van der Waals surface area (Å²) in [6.45, 7) is 8.10. The van der Waals surface area contributed by atoms with Crippen molar-refractivity contribution in [3.63, 3.8) is 0 Å². The lowest BCUT2D eigenvalue weighted by atomic mass is 10.00. The van der Waals surface area contributed by atoms with Gasteiger partial charge in [0.2, 0.25) is 11.8 Å². The second kappa shape index (κ2) is 8.91. The molecule has 0 bridgehead atoms. The molecule has 1 aliphatic heterocycles. The van der Waals surface area contributed by atoms with Crippen molar-refractivity contribution in [3.05, 3.63) is 47.3 Å². The van der Waals surface area contributed by atoms with Crippen molar-refractivity contribution in [2.45, 2.75) is 58.8 Å². The van der Waals surface area contributed by atoms with E-state index in [0.29, 0.717) is 35.0 Å². The Morgan fingerprint density at radius 3 is 2.72 bits per heavy atom. The SMILES string of the molecule is Cc1c(C#N)ccnc1OC1CCC(C)N(C(=O)c2cccnc2OC(C)C)C1. The molecule has 2 aromatic rings. The van der Waals surface area contributed by atoms with E-state index >= 15 is 0 Å². The molecule has 7 nitrogen and oxygen atoms in total. The van der Waals surface area contributed by atoms with E-state index in [0.717, 1.165) is 12.8 Å². The number of amides is 1. The molecule has 1 amide bonds. The van der Waals surface area contributed by atoms with E-state index in [-0.39, 0.29) is 24.2 Å². The summed E-state index contributed by atoms with van der Waals surface area (Å²) in [6, 6.07) is 7.37. The molecule has 0 radical (unpaired) electrons. The first kappa shape index (κ1) is 20.6. The molecule has 0 spiro atoms. The predicted octanol–water partition coefficient (Wildman–Crippen LogP) is 3.52. The number of hydrogen-bond donors (Lipinski definition) is 0. The molecule has 152 valence electrons. The van der Waals surface area contributed by atoms with Gasteiger partial charge in [0, 0.05) is 24.0 Å². The summed E-state index contributed by atoms with van der Waals surface area (Å²) in [6.07, 6.45) is 4.55. The monoisotopic (exact) mass is 394 g/mol. The Kier molecular flexibility index (Phi) is 6.32. The minimum absolute atomic E-state index is 0.0761. The molecule has 3 heterocycles. The highest BCUT2D eigenvalue weighted by Crippen LogP contribution is 2.27. The summed E-state index contributed by atoms with van der Waals surface area (Å²) in [7, 11) is 0. The Labute approximate surface area is 171 Å². The molecule has 1 fully saturated rings. The Morgan fingerprint density at radius 2 is 2.00 bits per heavy atom. The topological polar surface area (TPSA) is 88.3 Å². The molecule has 2 atom stereocenters. The van der Waals surface area contributed by atoms with Crippen LogP contribution >= 0.6 is 0 Å². The number of carbonyl (C=O) groups is 1. The second-order valence-electron chi connectivity index (χ2n) is 7.55. The van der Waals surface area contributed by atoms with Gasteiger partial charge in [0.1, 0.15) is 11.7 Å². The quantitative estimate of drug-likeness (QED) is 0.771. The van der Waals surface area contributed by atoms with Crippen LogP contribution in [0.15, 0.2) is 30.6 Å². The molecule has 0 N–H and O–H groups in total. The summed E-state index contributed by atoms with van der Waals surface area (Å²) in [5, 5.41) is 9.21. The van der Waals surface area contributed by atoms with Crippen molar-refractivity contribution in [2.75, 3.05) is 6.54 Å². The molecule has 0 aliphatic carbocycles. The summed E-state index contributed by atoms with van der Waals surface area (Å²) in [5.74, 6) is 0.674. The molecule has 0 saturated carbocycles. The van der Waals surface area contributed by atoms with Crippen LogP contribution in [0.25, 0.3) is 0 Å². The van der Waals surface area contributed by atoms with Crippen LogP contribution in [-0.4, -0.2) is 45.6 Å². The number of pyridine rings is 2. The van der Waals surface area contributed by atoms with Crippen LogP contribution in [0.3, 0.4) is 0 Å². The number of piperidine rings is 1. The van der Waals surface area contributed by atoms with Crippen molar-refractivity contribution < 1.29 is 14.3 Å². The first-order valence-electron chi connectivity index (χ1n) is 9.85. The zero-order valence-electron chi connectivity index (χ0n) is 17.3. The first-order chi connectivity index (χ1) is 13.9. The maximum Gasteiger partial charge on any atom is 0.259 e. The molecule has 7 heteroatoms. The highest BCUT2D eigenvalue weighted by Gasteiger charge is 2.32. The number of nitriles is 1. The summed E-state index contributed by atoms with van der Waals surface area (Å²) in [4.78, 5) is 23.6. The van der Waals surface area contributed by atoms with Gasteiger partial charge in [0.25, 0.3) is 5.91 Å². The second-order valence-corrected chi connectivity index (χ2v) is 7.55. The highest BCUT2D eigenvalue weighted by atomic mass is 16.5. The molecule has 2 unspecified atom stereocenters. The lowest BCUT2D eigenvalue weighted by molar-refractivity contribution is 0.0366. The van der Waals surface area contributed by atoms with E-state index in [9.17, 15) is 10.1 Å². The van der Waals surface area contributed by atoms with E-state index in [4.69, 9.17) is 9.47 Å². The number of aromatic nitrogens is 2. The number of carbonyl (C=O) groups excluding carboxylic acids is 1. The first-order valence-corrected chi connectivity index (χ1v) is 9.85. The van der Waals surface area contributed by atoms with Gasteiger partial charge in [-0.25, -0.2) is 9.97 Å². The number of likely N-dealkylation sites (tertiary alicyclic amines) is 1. The number of hydrogen-bond acceptors (Lipinski definition) is 6. The Balaban J connectivity index is 1.79. The van der Waals surface area contributed by atoms with E-state index in [2.05, 4.69) is 16.0 Å². The fourth-order valence-corrected chi connectivity index (χ4v) is 3.39. The zero-order chi connectivity index (χ0) is 21.0. The van der Waals surface area contributed by atoms with Gasteiger partial charge in [0.15, 0.2) is 0 Å². The highest BCUT2D eigenvalue weighted by molar-refractivity contribution is 5.96. The molecular weight excluding hydrogens is 368 g/mol. The Morgan fingerprint density at radius 1 is 1.24 bits per heavy atom. The van der Waals surface area contributed by atoms with Gasteiger partial charge in [0.05, 0.1) is 24.3 Å². The van der Waals surface area contributed by atoms with Crippen LogP contribution in [0.5, 0.6) is 11.8 Å². The van der Waals surface area contributed by atoms with Crippen molar-refractivity contribution in [1.82, 2.24) is 14.9 Å². The molecule has 2 aromatic heterocycles. The fraction of sp³-hybridized carbons (Fsp3) is 0.455. The lowest BCUT2D eigenvalue weighted by Crippen LogP contribution is -2.49. The smallest absolute Gasteiger partial charge is 0.259 e. The van der Waals surface area contributed by atoms with E-state index in [1.54, 1.807) is 30.6 Å². The molecular formula is C22H26N4O3. The van der Waals surface area contributed by atoms with Gasteiger partial charge < -0.3 is 14.4 Å². The molecule has 0 aromatic carbocycles. The summed E-state index contributed by atoms with van der Waals surface area (Å²) >= 11 is 0. The van der Waals surface area contributed by atoms with Crippen LogP contribution in [0.4, 0.5) is 0 Å². The van der Waals surface area contributed by atoms with E-state index in [1.165, 1.54) is 0 Å². The predicted molar refractivity (Wildman–Crippen MR) is 108 cm³/mol. The minimum atomic E-state index is -0.193. The van der Waals surface area contributed by atoms with Gasteiger partial charge >= 0.3 is 0 Å². The Hall–Kier alpha value is -3.14. The van der Waals surface area contributed by atoms with Crippen molar-refractivity contribution >= 4 is 5.91 Å². The van der Waals surface area contributed by atoms with Crippen molar-refractivity contribution in [2.24, 2.45) is 0 Å². The Bertz CT molecular complexity index is 923. The third-order valence-corrected chi connectivity index (χ3v) is 5.01. The van der Waals surface area contributed by atoms with Crippen LogP contribution in [0.2, 0.25) is 0 Å². The standard InChI is InChI=1S/C22H26N4O3/c1-14(2)28-21-19(6-5-10-24-21)22(27)26-13-18(8-7-15(26)3)29-20-16(4)17(12-23)9-11-25-20/h5-6,9-11,14-15,18H,7-8,13H2,1-4H3. The van der Waals surface area contributed by atoms with E-state index < -0.39 is 0 Å². The minimum Gasteiger partial charge on any atom is -0.474 e. The molecule has 1 saturated heterocycles. The average Bonchev–Trinajstić information content (AvgIpc) is 2.70. The maximum atomic E-state index is 13.3. The van der Waals surface area contributed by atoms with Crippen molar-refractivity contribution in [1.29, 1.82) is 5.26 Å². The molecule has 3 rings (SSSR count). The average molecular weight is 394 g/mol. The zero-order valence-corrected chi connectivity index (χ0v) is 17.3. The maximum absolute atomic E-state index is 13.3. The van der Waals surface area contributed by atoms with Crippen LogP contribution in [0.1, 0.15) is 55.1 Å². The largest absolute Gasteiger partial charge is 0.474 e. The number of ether oxygens (including phenoxy) is 2. The third kappa shape index (κ3) is 4.65.